The molecule has 4 nitrogen and oxygen atoms in total. The molecule has 5 heteroatoms. The molecule has 0 radical (unpaired) electrons. The average molecular weight is 236 g/mol. The number of sulfonamides is 1. The monoisotopic (exact) mass is 236 g/mol. The second kappa shape index (κ2) is 7.19. The smallest absolute Gasteiger partial charge is 0.215 e. The maximum absolute atomic E-state index is 11.6. The van der Waals surface area contributed by atoms with Crippen molar-refractivity contribution in [1.29, 1.82) is 0 Å². The predicted molar refractivity (Wildman–Crippen MR) is 64.2 cm³/mol. The summed E-state index contributed by atoms with van der Waals surface area (Å²) in [5.41, 5.74) is 5.34. The first-order valence-electron chi connectivity index (χ1n) is 5.65. The summed E-state index contributed by atoms with van der Waals surface area (Å²) in [5, 5.41) is -0.508. The van der Waals surface area contributed by atoms with Crippen molar-refractivity contribution in [2.75, 3.05) is 6.54 Å². The highest BCUT2D eigenvalue weighted by atomic mass is 32.2. The van der Waals surface area contributed by atoms with Crippen molar-refractivity contribution in [1.82, 2.24) is 4.72 Å². The van der Waals surface area contributed by atoms with Crippen LogP contribution in [0.1, 0.15) is 46.5 Å². The minimum absolute atomic E-state index is 0.00977. The molecule has 3 N–H and O–H groups in total. The molecule has 2 unspecified atom stereocenters. The molecule has 0 spiro atoms. The van der Waals surface area contributed by atoms with Crippen molar-refractivity contribution in [3.63, 3.8) is 0 Å². The lowest BCUT2D eigenvalue weighted by molar-refractivity contribution is 0.520. The van der Waals surface area contributed by atoms with Gasteiger partial charge < -0.3 is 5.73 Å². The van der Waals surface area contributed by atoms with E-state index in [-0.39, 0.29) is 12.6 Å². The van der Waals surface area contributed by atoms with E-state index in [1.165, 1.54) is 0 Å². The summed E-state index contributed by atoms with van der Waals surface area (Å²) in [6.45, 7) is 5.82. The van der Waals surface area contributed by atoms with Gasteiger partial charge in [0, 0.05) is 12.6 Å². The normalized spacial score (nSPS) is 16.3. The molecule has 15 heavy (non-hydrogen) atoms. The Labute approximate surface area is 93.7 Å². The van der Waals surface area contributed by atoms with Gasteiger partial charge in [0.2, 0.25) is 10.0 Å². The Kier molecular flexibility index (Phi) is 7.13. The molecule has 0 amide bonds. The lowest BCUT2D eigenvalue weighted by Crippen LogP contribution is -2.41. The Balaban J connectivity index is 3.99. The van der Waals surface area contributed by atoms with Gasteiger partial charge in [-0.25, -0.2) is 13.1 Å². The van der Waals surface area contributed by atoms with Crippen molar-refractivity contribution >= 4 is 10.0 Å². The van der Waals surface area contributed by atoms with E-state index in [0.717, 1.165) is 25.7 Å². The molecule has 0 heterocycles. The zero-order valence-electron chi connectivity index (χ0n) is 9.99. The maximum atomic E-state index is 11.6. The summed E-state index contributed by atoms with van der Waals surface area (Å²) in [4.78, 5) is 0. The van der Waals surface area contributed by atoms with Gasteiger partial charge in [-0.3, -0.25) is 0 Å². The second-order valence-electron chi connectivity index (χ2n) is 4.11. The molecule has 0 aliphatic heterocycles. The SMILES string of the molecule is CCCCCC(C)NS(=O)(=O)C(C)CN. The standard InChI is InChI=1S/C10H24N2O2S/c1-4-5-6-7-9(2)12-15(13,14)10(3)8-11/h9-10,12H,4-8,11H2,1-3H3. The molecule has 0 saturated heterocycles. The van der Waals surface area contributed by atoms with Crippen molar-refractivity contribution in [3.8, 4) is 0 Å². The number of rotatable bonds is 8. The van der Waals surface area contributed by atoms with Gasteiger partial charge in [0.1, 0.15) is 0 Å². The molecular weight excluding hydrogens is 212 g/mol. The molecular formula is C10H24N2O2S. The molecule has 0 bridgehead atoms. The molecule has 0 aromatic rings. The van der Waals surface area contributed by atoms with Crippen LogP contribution >= 0.6 is 0 Å². The van der Waals surface area contributed by atoms with E-state index in [1.807, 2.05) is 6.92 Å². The van der Waals surface area contributed by atoms with E-state index in [1.54, 1.807) is 6.92 Å². The minimum Gasteiger partial charge on any atom is -0.329 e. The van der Waals surface area contributed by atoms with Gasteiger partial charge in [0.15, 0.2) is 0 Å². The van der Waals surface area contributed by atoms with Crippen LogP contribution < -0.4 is 10.5 Å². The van der Waals surface area contributed by atoms with Gasteiger partial charge in [-0.2, -0.15) is 0 Å². The summed E-state index contributed by atoms with van der Waals surface area (Å²) >= 11 is 0. The molecule has 92 valence electrons. The molecule has 0 rings (SSSR count). The lowest BCUT2D eigenvalue weighted by Gasteiger charge is -2.17. The number of hydrogen-bond acceptors (Lipinski definition) is 3. The Morgan fingerprint density at radius 2 is 1.87 bits per heavy atom. The number of unbranched alkanes of at least 4 members (excludes halogenated alkanes) is 2. The van der Waals surface area contributed by atoms with Gasteiger partial charge in [0.25, 0.3) is 0 Å². The lowest BCUT2D eigenvalue weighted by atomic mass is 10.1. The molecule has 0 aromatic heterocycles. The van der Waals surface area contributed by atoms with E-state index in [0.29, 0.717) is 0 Å². The van der Waals surface area contributed by atoms with E-state index >= 15 is 0 Å². The molecule has 0 fully saturated rings. The summed E-state index contributed by atoms with van der Waals surface area (Å²) in [6, 6.07) is 0.00977. The Morgan fingerprint density at radius 1 is 1.27 bits per heavy atom. The minimum atomic E-state index is -3.22. The first-order chi connectivity index (χ1) is 6.94. The molecule has 0 aliphatic carbocycles. The summed E-state index contributed by atoms with van der Waals surface area (Å²) in [7, 11) is -3.22. The van der Waals surface area contributed by atoms with Crippen LogP contribution in [-0.4, -0.2) is 26.3 Å². The third-order valence-corrected chi connectivity index (χ3v) is 4.45. The van der Waals surface area contributed by atoms with Gasteiger partial charge >= 0.3 is 0 Å². The fourth-order valence-electron chi connectivity index (χ4n) is 1.28. The molecule has 2 atom stereocenters. The number of nitrogens with one attached hydrogen (secondary N) is 1. The Hall–Kier alpha value is -0.130. The van der Waals surface area contributed by atoms with Crippen molar-refractivity contribution in [2.45, 2.75) is 57.7 Å². The second-order valence-corrected chi connectivity index (χ2v) is 6.24. The highest BCUT2D eigenvalue weighted by Crippen LogP contribution is 2.05. The molecule has 0 saturated carbocycles. The predicted octanol–water partition coefficient (Wildman–Crippen LogP) is 1.22. The van der Waals surface area contributed by atoms with Crippen LogP contribution in [0.15, 0.2) is 0 Å². The van der Waals surface area contributed by atoms with Gasteiger partial charge in [-0.15, -0.1) is 0 Å². The Morgan fingerprint density at radius 3 is 2.33 bits per heavy atom. The van der Waals surface area contributed by atoms with Gasteiger partial charge in [-0.05, 0) is 20.3 Å². The van der Waals surface area contributed by atoms with Crippen LogP contribution in [0.4, 0.5) is 0 Å². The van der Waals surface area contributed by atoms with Crippen molar-refractivity contribution < 1.29 is 8.42 Å². The summed E-state index contributed by atoms with van der Waals surface area (Å²) < 4.78 is 25.9. The maximum Gasteiger partial charge on any atom is 0.215 e. The van der Waals surface area contributed by atoms with Gasteiger partial charge in [-0.1, -0.05) is 26.2 Å². The van der Waals surface area contributed by atoms with Crippen molar-refractivity contribution in [3.05, 3.63) is 0 Å². The fourth-order valence-corrected chi connectivity index (χ4v) is 2.45. The quantitative estimate of drug-likeness (QED) is 0.622. The van der Waals surface area contributed by atoms with E-state index < -0.39 is 15.3 Å². The van der Waals surface area contributed by atoms with Gasteiger partial charge in [0.05, 0.1) is 5.25 Å². The highest BCUT2D eigenvalue weighted by Gasteiger charge is 2.20. The van der Waals surface area contributed by atoms with Crippen LogP contribution in [-0.2, 0) is 10.0 Å². The fraction of sp³-hybridized carbons (Fsp3) is 1.00. The average Bonchev–Trinajstić information content (AvgIpc) is 2.16. The van der Waals surface area contributed by atoms with E-state index in [4.69, 9.17) is 5.73 Å². The number of nitrogens with two attached hydrogens (primary N) is 1. The third-order valence-electron chi connectivity index (χ3n) is 2.47. The highest BCUT2D eigenvalue weighted by molar-refractivity contribution is 7.90. The van der Waals surface area contributed by atoms with Crippen LogP contribution in [0.2, 0.25) is 0 Å². The van der Waals surface area contributed by atoms with Crippen LogP contribution in [0.5, 0.6) is 0 Å². The first kappa shape index (κ1) is 14.9. The summed E-state index contributed by atoms with van der Waals surface area (Å²) in [5.74, 6) is 0. The Bertz CT molecular complexity index is 252. The third kappa shape index (κ3) is 6.12. The zero-order chi connectivity index (χ0) is 11.9. The number of hydrogen-bond donors (Lipinski definition) is 2. The summed E-state index contributed by atoms with van der Waals surface area (Å²) in [6.07, 6.45) is 4.26. The van der Waals surface area contributed by atoms with Crippen LogP contribution in [0, 0.1) is 0 Å². The molecule has 0 aliphatic rings. The van der Waals surface area contributed by atoms with E-state index in [9.17, 15) is 8.42 Å². The van der Waals surface area contributed by atoms with Crippen LogP contribution in [0.25, 0.3) is 0 Å². The largest absolute Gasteiger partial charge is 0.329 e. The first-order valence-corrected chi connectivity index (χ1v) is 7.19. The topological polar surface area (TPSA) is 72.2 Å². The zero-order valence-corrected chi connectivity index (χ0v) is 10.8. The van der Waals surface area contributed by atoms with Crippen molar-refractivity contribution in [2.24, 2.45) is 5.73 Å². The van der Waals surface area contributed by atoms with E-state index in [2.05, 4.69) is 11.6 Å². The molecule has 0 aromatic carbocycles. The van der Waals surface area contributed by atoms with Crippen LogP contribution in [0.3, 0.4) is 0 Å².